The number of anilines is 6. The Labute approximate surface area is 306 Å². The number of hydrogen-bond donors (Lipinski definition) is 0. The third kappa shape index (κ3) is 4.33. The minimum atomic E-state index is -0.0249. The molecule has 9 aromatic rings. The van der Waals surface area contributed by atoms with Crippen LogP contribution in [0.3, 0.4) is 0 Å². The Morgan fingerprint density at radius 3 is 1.49 bits per heavy atom. The Morgan fingerprint density at radius 2 is 0.868 bits per heavy atom. The van der Waals surface area contributed by atoms with E-state index in [2.05, 4.69) is 174 Å². The lowest BCUT2D eigenvalue weighted by Gasteiger charge is -2.44. The van der Waals surface area contributed by atoms with Gasteiger partial charge in [0.25, 0.3) is 5.56 Å². The van der Waals surface area contributed by atoms with Crippen LogP contribution < -0.4 is 15.4 Å². The SMILES string of the molecule is O=c1c2ccccc2c2c(-c3ccccc3)cc3c4c2n1-c1cc(-c2ccccc2)ccc1N4c1ccc(-c2ccccc2)cc1N3c1ccccc1. The van der Waals surface area contributed by atoms with Gasteiger partial charge in [-0.3, -0.25) is 9.36 Å². The van der Waals surface area contributed by atoms with Crippen molar-refractivity contribution in [3.05, 3.63) is 198 Å². The van der Waals surface area contributed by atoms with Gasteiger partial charge in [-0.15, -0.1) is 0 Å². The molecule has 11 rings (SSSR count). The molecule has 53 heavy (non-hydrogen) atoms. The second-order valence-electron chi connectivity index (χ2n) is 13.7. The fourth-order valence-corrected chi connectivity index (χ4v) is 8.47. The van der Waals surface area contributed by atoms with E-state index in [-0.39, 0.29) is 5.56 Å². The van der Waals surface area contributed by atoms with E-state index in [1.54, 1.807) is 0 Å². The topological polar surface area (TPSA) is 28.5 Å². The van der Waals surface area contributed by atoms with Crippen LogP contribution in [0, 0.1) is 0 Å². The standard InChI is InChI=1S/C49H31N3O/c53-49-39-24-14-13-23-38(39)46-40(34-19-9-3-10-20-34)31-45-47-48(46)52(49)44-30-36(33-17-7-2-8-18-33)26-28-42(44)51(47)41-27-25-35(32-15-5-1-6-16-32)29-43(41)50(45)37-21-11-4-12-22-37/h1-31H. The summed E-state index contributed by atoms with van der Waals surface area (Å²) in [6, 6.07) is 65.9. The fraction of sp³-hybridized carbons (Fsp3) is 0. The minimum absolute atomic E-state index is 0.0249. The molecule has 4 nitrogen and oxygen atoms in total. The number of hydrogen-bond acceptors (Lipinski definition) is 3. The van der Waals surface area contributed by atoms with E-state index in [0.29, 0.717) is 5.39 Å². The van der Waals surface area contributed by atoms with Crippen molar-refractivity contribution in [2.75, 3.05) is 9.80 Å². The highest BCUT2D eigenvalue weighted by atomic mass is 16.1. The normalized spacial score (nSPS) is 12.5. The van der Waals surface area contributed by atoms with Crippen molar-refractivity contribution in [2.24, 2.45) is 0 Å². The lowest BCUT2D eigenvalue weighted by atomic mass is 9.90. The van der Waals surface area contributed by atoms with Crippen molar-refractivity contribution in [3.8, 4) is 39.1 Å². The molecule has 3 heterocycles. The van der Waals surface area contributed by atoms with Crippen molar-refractivity contribution in [3.63, 3.8) is 0 Å². The first-order valence-corrected chi connectivity index (χ1v) is 18.0. The van der Waals surface area contributed by atoms with E-state index in [0.717, 1.165) is 89.5 Å². The molecule has 0 saturated carbocycles. The van der Waals surface area contributed by atoms with E-state index in [9.17, 15) is 0 Å². The first kappa shape index (κ1) is 29.5. The maximum atomic E-state index is 15.1. The van der Waals surface area contributed by atoms with Gasteiger partial charge in [0.15, 0.2) is 0 Å². The highest BCUT2D eigenvalue weighted by Crippen LogP contribution is 2.61. The summed E-state index contributed by atoms with van der Waals surface area (Å²) in [4.78, 5) is 19.9. The smallest absolute Gasteiger partial charge is 0.263 e. The Balaban J connectivity index is 1.35. The molecule has 0 amide bonds. The molecule has 0 spiro atoms. The first-order valence-electron chi connectivity index (χ1n) is 18.0. The zero-order valence-corrected chi connectivity index (χ0v) is 28.6. The van der Waals surface area contributed by atoms with Gasteiger partial charge in [0.1, 0.15) is 0 Å². The highest BCUT2D eigenvalue weighted by molar-refractivity contribution is 6.24. The second kappa shape index (κ2) is 11.4. The molecular weight excluding hydrogens is 647 g/mol. The van der Waals surface area contributed by atoms with Crippen LogP contribution >= 0.6 is 0 Å². The Hall–Kier alpha value is -7.17. The molecule has 1 aromatic heterocycles. The minimum Gasteiger partial charge on any atom is -0.306 e. The predicted octanol–water partition coefficient (Wildman–Crippen LogP) is 12.7. The van der Waals surface area contributed by atoms with Gasteiger partial charge >= 0.3 is 0 Å². The molecule has 2 aliphatic heterocycles. The van der Waals surface area contributed by atoms with E-state index in [1.807, 2.05) is 28.8 Å². The van der Waals surface area contributed by atoms with E-state index >= 15 is 4.79 Å². The van der Waals surface area contributed by atoms with Crippen molar-refractivity contribution in [1.82, 2.24) is 4.57 Å². The van der Waals surface area contributed by atoms with Crippen LogP contribution in [0.25, 0.3) is 60.7 Å². The third-order valence-electron chi connectivity index (χ3n) is 10.8. The molecule has 0 bridgehead atoms. The number of benzene rings is 8. The summed E-state index contributed by atoms with van der Waals surface area (Å²) in [7, 11) is 0. The van der Waals surface area contributed by atoms with Crippen molar-refractivity contribution in [2.45, 2.75) is 0 Å². The molecule has 0 atom stereocenters. The molecule has 8 aromatic carbocycles. The summed E-state index contributed by atoms with van der Waals surface area (Å²) in [6.45, 7) is 0. The number of rotatable bonds is 4. The molecule has 0 radical (unpaired) electrons. The van der Waals surface area contributed by atoms with Gasteiger partial charge in [0.2, 0.25) is 0 Å². The average Bonchev–Trinajstić information content (AvgIpc) is 3.24. The number of pyridine rings is 1. The van der Waals surface area contributed by atoms with Crippen LogP contribution in [0.5, 0.6) is 0 Å². The maximum absolute atomic E-state index is 15.1. The van der Waals surface area contributed by atoms with Crippen LogP contribution in [-0.4, -0.2) is 4.57 Å². The summed E-state index contributed by atoms with van der Waals surface area (Å²) in [5, 5.41) is 2.71. The fourth-order valence-electron chi connectivity index (χ4n) is 8.47. The summed E-state index contributed by atoms with van der Waals surface area (Å²) in [5.74, 6) is 0. The van der Waals surface area contributed by atoms with Crippen LogP contribution in [0.15, 0.2) is 193 Å². The van der Waals surface area contributed by atoms with Crippen LogP contribution in [0.1, 0.15) is 0 Å². The summed E-state index contributed by atoms with van der Waals surface area (Å²) < 4.78 is 1.99. The molecule has 0 aliphatic carbocycles. The lowest BCUT2D eigenvalue weighted by molar-refractivity contribution is 1.02. The zero-order chi connectivity index (χ0) is 35.0. The van der Waals surface area contributed by atoms with Gasteiger partial charge in [-0.05, 0) is 87.3 Å². The second-order valence-corrected chi connectivity index (χ2v) is 13.7. The predicted molar refractivity (Wildman–Crippen MR) is 220 cm³/mol. The number of nitrogens with zero attached hydrogens (tertiary/aromatic N) is 3. The van der Waals surface area contributed by atoms with E-state index < -0.39 is 0 Å². The largest absolute Gasteiger partial charge is 0.306 e. The maximum Gasteiger partial charge on any atom is 0.263 e. The Bertz CT molecular complexity index is 2960. The molecular formula is C49H31N3O. The lowest BCUT2D eigenvalue weighted by Crippen LogP contribution is -2.32. The summed E-state index contributed by atoms with van der Waals surface area (Å²) >= 11 is 0. The molecule has 2 aliphatic rings. The van der Waals surface area contributed by atoms with Crippen LogP contribution in [-0.2, 0) is 0 Å². The summed E-state index contributed by atoms with van der Waals surface area (Å²) in [5.41, 5.74) is 14.5. The number of para-hydroxylation sites is 1. The first-order chi connectivity index (χ1) is 26.2. The van der Waals surface area contributed by atoms with E-state index in [4.69, 9.17) is 0 Å². The molecule has 0 unspecified atom stereocenters. The highest BCUT2D eigenvalue weighted by Gasteiger charge is 2.39. The molecule has 4 heteroatoms. The zero-order valence-electron chi connectivity index (χ0n) is 28.6. The molecule has 0 saturated heterocycles. The van der Waals surface area contributed by atoms with Crippen LogP contribution in [0.4, 0.5) is 34.1 Å². The van der Waals surface area contributed by atoms with Gasteiger partial charge in [-0.25, -0.2) is 0 Å². The summed E-state index contributed by atoms with van der Waals surface area (Å²) in [6.07, 6.45) is 0. The van der Waals surface area contributed by atoms with Gasteiger partial charge in [0, 0.05) is 16.5 Å². The molecule has 0 fully saturated rings. The third-order valence-corrected chi connectivity index (χ3v) is 10.8. The quantitative estimate of drug-likeness (QED) is 0.174. The van der Waals surface area contributed by atoms with Crippen molar-refractivity contribution in [1.29, 1.82) is 0 Å². The van der Waals surface area contributed by atoms with Gasteiger partial charge in [-0.2, -0.15) is 0 Å². The monoisotopic (exact) mass is 677 g/mol. The van der Waals surface area contributed by atoms with Gasteiger partial charge < -0.3 is 9.80 Å². The van der Waals surface area contributed by atoms with Gasteiger partial charge in [0.05, 0.1) is 39.6 Å². The van der Waals surface area contributed by atoms with E-state index in [1.165, 1.54) is 0 Å². The van der Waals surface area contributed by atoms with Crippen LogP contribution in [0.2, 0.25) is 0 Å². The molecule has 248 valence electrons. The van der Waals surface area contributed by atoms with Crippen molar-refractivity contribution >= 4 is 55.8 Å². The number of aromatic nitrogens is 1. The molecule has 0 N–H and O–H groups in total. The van der Waals surface area contributed by atoms with Gasteiger partial charge in [-0.1, -0.05) is 140 Å². The number of fused-ring (bicyclic) bond motifs is 7. The Kier molecular flexibility index (Phi) is 6.37. The Morgan fingerprint density at radius 1 is 0.358 bits per heavy atom. The van der Waals surface area contributed by atoms with Crippen molar-refractivity contribution < 1.29 is 0 Å². The average molecular weight is 678 g/mol.